The molecule has 29 heavy (non-hydrogen) atoms. The van der Waals surface area contributed by atoms with E-state index in [2.05, 4.69) is 10.6 Å². The number of ether oxygens (including phenoxy) is 1. The van der Waals surface area contributed by atoms with Crippen LogP contribution in [0.3, 0.4) is 0 Å². The lowest BCUT2D eigenvalue weighted by Gasteiger charge is -2.18. The van der Waals surface area contributed by atoms with E-state index in [4.69, 9.17) is 10.5 Å². The number of primary amides is 1. The molecule has 10 nitrogen and oxygen atoms in total. The first-order valence-corrected chi connectivity index (χ1v) is 8.51. The maximum Gasteiger partial charge on any atom is 0.269 e. The molecule has 0 aliphatic rings. The standard InChI is InChI=1S/C19H20N4O6/c1-11(24)21-15-6-4-3-5-14(15)19(26)22-16(18(20)25)10-12-9-13(23(27)28)7-8-17(12)29-2/h3-9,16H,10H2,1-2H3,(H2,20,25)(H,21,24)(H,22,26)/t16-/m0/s1. The van der Waals surface area contributed by atoms with E-state index in [0.717, 1.165) is 0 Å². The highest BCUT2D eigenvalue weighted by Gasteiger charge is 2.24. The molecule has 0 radical (unpaired) electrons. The monoisotopic (exact) mass is 400 g/mol. The SMILES string of the molecule is COc1ccc([N+](=O)[O-])cc1C[C@H](NC(=O)c1ccccc1NC(C)=O)C(N)=O. The molecule has 152 valence electrons. The molecular formula is C19H20N4O6. The average molecular weight is 400 g/mol. The molecule has 2 aromatic rings. The van der Waals surface area contributed by atoms with E-state index >= 15 is 0 Å². The van der Waals surface area contributed by atoms with Crippen LogP contribution in [-0.2, 0) is 16.0 Å². The van der Waals surface area contributed by atoms with Crippen LogP contribution in [0, 0.1) is 10.1 Å². The summed E-state index contributed by atoms with van der Waals surface area (Å²) in [5.41, 5.74) is 5.98. The van der Waals surface area contributed by atoms with E-state index in [1.807, 2.05) is 0 Å². The third-order valence-corrected chi connectivity index (χ3v) is 4.03. The summed E-state index contributed by atoms with van der Waals surface area (Å²) in [6, 6.07) is 9.02. The Hall–Kier alpha value is -3.95. The van der Waals surface area contributed by atoms with E-state index in [1.54, 1.807) is 18.2 Å². The molecule has 10 heteroatoms. The highest BCUT2D eigenvalue weighted by atomic mass is 16.6. The van der Waals surface area contributed by atoms with Crippen LogP contribution < -0.4 is 21.1 Å². The molecule has 2 rings (SSSR count). The van der Waals surface area contributed by atoms with Gasteiger partial charge in [-0.25, -0.2) is 0 Å². The molecule has 0 fully saturated rings. The number of nitro benzene ring substituents is 1. The lowest BCUT2D eigenvalue weighted by atomic mass is 10.0. The third-order valence-electron chi connectivity index (χ3n) is 4.03. The molecule has 0 saturated heterocycles. The minimum absolute atomic E-state index is 0.117. The highest BCUT2D eigenvalue weighted by Crippen LogP contribution is 2.25. The van der Waals surface area contributed by atoms with Crippen molar-refractivity contribution < 1.29 is 24.0 Å². The Bertz CT molecular complexity index is 959. The van der Waals surface area contributed by atoms with Crippen molar-refractivity contribution in [3.63, 3.8) is 0 Å². The largest absolute Gasteiger partial charge is 0.496 e. The quantitative estimate of drug-likeness (QED) is 0.449. The second-order valence-corrected chi connectivity index (χ2v) is 6.11. The first kappa shape index (κ1) is 21.4. The predicted molar refractivity (Wildman–Crippen MR) is 105 cm³/mol. The summed E-state index contributed by atoms with van der Waals surface area (Å²) in [5, 5.41) is 16.1. The number of amides is 3. The van der Waals surface area contributed by atoms with Gasteiger partial charge in [0, 0.05) is 31.0 Å². The summed E-state index contributed by atoms with van der Waals surface area (Å²) in [6.07, 6.45) is -0.117. The van der Waals surface area contributed by atoms with Crippen LogP contribution in [-0.4, -0.2) is 35.8 Å². The summed E-state index contributed by atoms with van der Waals surface area (Å²) in [7, 11) is 1.38. The van der Waals surface area contributed by atoms with Crippen molar-refractivity contribution in [2.45, 2.75) is 19.4 Å². The van der Waals surface area contributed by atoms with Crippen LogP contribution in [0.25, 0.3) is 0 Å². The Morgan fingerprint density at radius 2 is 1.90 bits per heavy atom. The number of carbonyl (C=O) groups is 3. The molecule has 1 atom stereocenters. The van der Waals surface area contributed by atoms with Crippen LogP contribution in [0.1, 0.15) is 22.8 Å². The Labute approximate surface area is 166 Å². The van der Waals surface area contributed by atoms with Gasteiger partial charge in [-0.2, -0.15) is 0 Å². The number of nitrogens with zero attached hydrogens (tertiary/aromatic N) is 1. The fourth-order valence-corrected chi connectivity index (χ4v) is 2.70. The van der Waals surface area contributed by atoms with Gasteiger partial charge in [-0.3, -0.25) is 24.5 Å². The minimum Gasteiger partial charge on any atom is -0.496 e. The molecule has 2 aromatic carbocycles. The summed E-state index contributed by atoms with van der Waals surface area (Å²) in [4.78, 5) is 46.4. The number of para-hydroxylation sites is 1. The zero-order valence-corrected chi connectivity index (χ0v) is 15.8. The van der Waals surface area contributed by atoms with Gasteiger partial charge in [-0.15, -0.1) is 0 Å². The fraction of sp³-hybridized carbons (Fsp3) is 0.211. The number of nitrogens with two attached hydrogens (primary N) is 1. The van der Waals surface area contributed by atoms with E-state index in [9.17, 15) is 24.5 Å². The Morgan fingerprint density at radius 3 is 2.48 bits per heavy atom. The molecule has 0 bridgehead atoms. The van der Waals surface area contributed by atoms with Crippen molar-refractivity contribution in [1.29, 1.82) is 0 Å². The number of hydrogen-bond donors (Lipinski definition) is 3. The Balaban J connectivity index is 2.29. The zero-order valence-electron chi connectivity index (χ0n) is 15.8. The van der Waals surface area contributed by atoms with E-state index in [-0.39, 0.29) is 29.3 Å². The van der Waals surface area contributed by atoms with Crippen molar-refractivity contribution in [2.75, 3.05) is 12.4 Å². The van der Waals surface area contributed by atoms with Crippen molar-refractivity contribution in [2.24, 2.45) is 5.73 Å². The lowest BCUT2D eigenvalue weighted by Crippen LogP contribution is -2.46. The topological polar surface area (TPSA) is 154 Å². The maximum absolute atomic E-state index is 12.7. The third kappa shape index (κ3) is 5.51. The number of rotatable bonds is 8. The summed E-state index contributed by atoms with van der Waals surface area (Å²) in [5.74, 6) is -1.51. The molecule has 0 aliphatic carbocycles. The number of carbonyl (C=O) groups excluding carboxylic acids is 3. The van der Waals surface area contributed by atoms with Gasteiger partial charge in [-0.05, 0) is 18.2 Å². The van der Waals surface area contributed by atoms with Gasteiger partial charge in [0.05, 0.1) is 23.3 Å². The van der Waals surface area contributed by atoms with Gasteiger partial charge >= 0.3 is 0 Å². The molecule has 0 unspecified atom stereocenters. The van der Waals surface area contributed by atoms with Crippen molar-refractivity contribution in [3.05, 3.63) is 63.7 Å². The molecule has 0 aliphatic heterocycles. The maximum atomic E-state index is 12.7. The second kappa shape index (κ2) is 9.31. The van der Waals surface area contributed by atoms with Crippen LogP contribution >= 0.6 is 0 Å². The number of anilines is 1. The number of benzene rings is 2. The summed E-state index contributed by atoms with van der Waals surface area (Å²) >= 11 is 0. The van der Waals surface area contributed by atoms with E-state index in [0.29, 0.717) is 11.3 Å². The Kier molecular flexibility index (Phi) is 6.85. The predicted octanol–water partition coefficient (Wildman–Crippen LogP) is 1.39. The number of nitrogens with one attached hydrogen (secondary N) is 2. The first-order chi connectivity index (χ1) is 13.7. The van der Waals surface area contributed by atoms with Gasteiger partial charge in [-0.1, -0.05) is 12.1 Å². The van der Waals surface area contributed by atoms with E-state index in [1.165, 1.54) is 38.3 Å². The van der Waals surface area contributed by atoms with Crippen LogP contribution in [0.15, 0.2) is 42.5 Å². The smallest absolute Gasteiger partial charge is 0.269 e. The zero-order chi connectivity index (χ0) is 21.6. The van der Waals surface area contributed by atoms with Crippen LogP contribution in [0.2, 0.25) is 0 Å². The summed E-state index contributed by atoms with van der Waals surface area (Å²) in [6.45, 7) is 1.30. The molecule has 4 N–H and O–H groups in total. The van der Waals surface area contributed by atoms with Gasteiger partial charge in [0.15, 0.2) is 0 Å². The van der Waals surface area contributed by atoms with Gasteiger partial charge < -0.3 is 21.1 Å². The molecule has 0 aromatic heterocycles. The second-order valence-electron chi connectivity index (χ2n) is 6.11. The Morgan fingerprint density at radius 1 is 1.21 bits per heavy atom. The molecule has 0 spiro atoms. The van der Waals surface area contributed by atoms with Crippen LogP contribution in [0.4, 0.5) is 11.4 Å². The molecule has 0 saturated carbocycles. The molecule has 3 amide bonds. The molecular weight excluding hydrogens is 380 g/mol. The summed E-state index contributed by atoms with van der Waals surface area (Å²) < 4.78 is 5.18. The minimum atomic E-state index is -1.16. The van der Waals surface area contributed by atoms with Crippen LogP contribution in [0.5, 0.6) is 5.75 Å². The average Bonchev–Trinajstić information content (AvgIpc) is 2.67. The fourth-order valence-electron chi connectivity index (χ4n) is 2.70. The van der Waals surface area contributed by atoms with Gasteiger partial charge in [0.1, 0.15) is 11.8 Å². The highest BCUT2D eigenvalue weighted by molar-refractivity contribution is 6.04. The van der Waals surface area contributed by atoms with Crippen molar-refractivity contribution in [3.8, 4) is 5.75 Å². The van der Waals surface area contributed by atoms with Crippen molar-refractivity contribution in [1.82, 2.24) is 5.32 Å². The number of methoxy groups -OCH3 is 1. The normalized spacial score (nSPS) is 11.2. The molecule has 0 heterocycles. The number of non-ortho nitro benzene ring substituents is 1. The van der Waals surface area contributed by atoms with Crippen molar-refractivity contribution >= 4 is 29.1 Å². The van der Waals surface area contributed by atoms with Gasteiger partial charge in [0.2, 0.25) is 11.8 Å². The number of nitro groups is 1. The first-order valence-electron chi connectivity index (χ1n) is 8.51. The van der Waals surface area contributed by atoms with E-state index < -0.39 is 22.8 Å². The van der Waals surface area contributed by atoms with Gasteiger partial charge in [0.25, 0.3) is 11.6 Å². The number of hydrogen-bond acceptors (Lipinski definition) is 6. The lowest BCUT2D eigenvalue weighted by molar-refractivity contribution is -0.384.